The lowest BCUT2D eigenvalue weighted by Gasteiger charge is -2.09. The number of carbonyl (C=O) groups is 1. The molecule has 0 aliphatic carbocycles. The topological polar surface area (TPSA) is 83.7 Å². The Bertz CT molecular complexity index is 874. The molecule has 24 heavy (non-hydrogen) atoms. The number of aromatic nitrogens is 2. The first-order valence-electron chi connectivity index (χ1n) is 7.18. The molecule has 1 unspecified atom stereocenters. The van der Waals surface area contributed by atoms with Crippen LogP contribution in [-0.4, -0.2) is 23.0 Å². The van der Waals surface area contributed by atoms with Gasteiger partial charge in [0, 0.05) is 0 Å². The third-order valence-corrected chi connectivity index (χ3v) is 4.27. The summed E-state index contributed by atoms with van der Waals surface area (Å²) in [6, 6.07) is 8.65. The molecule has 3 heterocycles. The van der Waals surface area contributed by atoms with E-state index in [1.165, 1.54) is 11.3 Å². The summed E-state index contributed by atoms with van der Waals surface area (Å²) in [6.45, 7) is 1.83. The second kappa shape index (κ2) is 5.97. The van der Waals surface area contributed by atoms with Gasteiger partial charge in [-0.1, -0.05) is 6.07 Å². The van der Waals surface area contributed by atoms with E-state index in [2.05, 4.69) is 10.2 Å². The Morgan fingerprint density at radius 1 is 1.25 bits per heavy atom. The molecule has 0 amide bonds. The number of rotatable bonds is 4. The molecule has 2 aromatic heterocycles. The summed E-state index contributed by atoms with van der Waals surface area (Å²) in [5.74, 6) is 1.28. The highest BCUT2D eigenvalue weighted by Crippen LogP contribution is 2.33. The molecule has 1 atom stereocenters. The molecule has 0 spiro atoms. The minimum Gasteiger partial charge on any atom is -0.454 e. The van der Waals surface area contributed by atoms with Crippen LogP contribution in [0, 0.1) is 0 Å². The molecule has 1 aliphatic rings. The van der Waals surface area contributed by atoms with E-state index in [1.807, 2.05) is 17.5 Å². The Kier molecular flexibility index (Phi) is 3.66. The van der Waals surface area contributed by atoms with Gasteiger partial charge in [-0.2, -0.15) is 0 Å². The van der Waals surface area contributed by atoms with Gasteiger partial charge in [-0.05, 0) is 36.6 Å². The Labute approximate surface area is 140 Å². The van der Waals surface area contributed by atoms with Crippen LogP contribution in [-0.2, 0) is 4.74 Å². The Balaban J connectivity index is 1.47. The molecule has 0 radical (unpaired) electrons. The van der Waals surface area contributed by atoms with E-state index in [-0.39, 0.29) is 12.7 Å². The van der Waals surface area contributed by atoms with Crippen LogP contribution in [0.25, 0.3) is 10.8 Å². The third kappa shape index (κ3) is 2.71. The van der Waals surface area contributed by atoms with Gasteiger partial charge in [0.15, 0.2) is 17.6 Å². The van der Waals surface area contributed by atoms with Crippen molar-refractivity contribution in [2.75, 3.05) is 6.79 Å². The first kappa shape index (κ1) is 14.7. The quantitative estimate of drug-likeness (QED) is 0.670. The Hall–Kier alpha value is -2.87. The number of fused-ring (bicyclic) bond motifs is 1. The first-order valence-corrected chi connectivity index (χ1v) is 8.06. The van der Waals surface area contributed by atoms with Crippen molar-refractivity contribution in [2.24, 2.45) is 0 Å². The van der Waals surface area contributed by atoms with Crippen molar-refractivity contribution in [2.45, 2.75) is 13.0 Å². The normalized spacial score (nSPS) is 13.7. The summed E-state index contributed by atoms with van der Waals surface area (Å²) < 4.78 is 21.4. The monoisotopic (exact) mass is 344 g/mol. The second-order valence-electron chi connectivity index (χ2n) is 5.04. The van der Waals surface area contributed by atoms with Gasteiger partial charge < -0.3 is 18.6 Å². The van der Waals surface area contributed by atoms with E-state index in [0.29, 0.717) is 23.0 Å². The van der Waals surface area contributed by atoms with Gasteiger partial charge in [-0.3, -0.25) is 0 Å². The van der Waals surface area contributed by atoms with E-state index in [9.17, 15) is 4.79 Å². The highest BCUT2D eigenvalue weighted by atomic mass is 32.1. The van der Waals surface area contributed by atoms with Crippen LogP contribution in [0.4, 0.5) is 0 Å². The van der Waals surface area contributed by atoms with E-state index in [0.717, 1.165) is 4.88 Å². The lowest BCUT2D eigenvalue weighted by atomic mass is 10.2. The maximum Gasteiger partial charge on any atom is 0.339 e. The highest BCUT2D eigenvalue weighted by Gasteiger charge is 2.22. The van der Waals surface area contributed by atoms with Gasteiger partial charge in [0.25, 0.3) is 11.8 Å². The standard InChI is InChI=1S/C16H12N2O5S/c1-9(14-17-18-15(23-14)13-3-2-6-24-13)22-16(19)10-4-5-11-12(7-10)21-8-20-11/h2-7,9H,8H2,1H3. The lowest BCUT2D eigenvalue weighted by Crippen LogP contribution is -2.09. The summed E-state index contributed by atoms with van der Waals surface area (Å²) in [5, 5.41) is 9.84. The first-order chi connectivity index (χ1) is 11.7. The van der Waals surface area contributed by atoms with Gasteiger partial charge >= 0.3 is 5.97 Å². The van der Waals surface area contributed by atoms with Gasteiger partial charge in [-0.25, -0.2) is 4.79 Å². The minimum absolute atomic E-state index is 0.151. The minimum atomic E-state index is -0.663. The lowest BCUT2D eigenvalue weighted by molar-refractivity contribution is 0.0279. The number of carbonyl (C=O) groups excluding carboxylic acids is 1. The summed E-state index contributed by atoms with van der Waals surface area (Å²) in [6.07, 6.45) is -0.663. The molecule has 4 rings (SSSR count). The number of ether oxygens (including phenoxy) is 3. The number of esters is 1. The summed E-state index contributed by atoms with van der Waals surface area (Å²) in [4.78, 5) is 13.1. The van der Waals surface area contributed by atoms with E-state index >= 15 is 0 Å². The van der Waals surface area contributed by atoms with E-state index in [4.69, 9.17) is 18.6 Å². The molecule has 0 saturated heterocycles. The van der Waals surface area contributed by atoms with Crippen LogP contribution in [0.15, 0.2) is 40.1 Å². The van der Waals surface area contributed by atoms with Crippen molar-refractivity contribution in [1.29, 1.82) is 0 Å². The van der Waals surface area contributed by atoms with Crippen molar-refractivity contribution in [1.82, 2.24) is 10.2 Å². The molecule has 8 heteroatoms. The number of nitrogens with zero attached hydrogens (tertiary/aromatic N) is 2. The summed E-state index contributed by atoms with van der Waals surface area (Å²) in [7, 11) is 0. The van der Waals surface area contributed by atoms with Crippen LogP contribution in [0.3, 0.4) is 0 Å². The third-order valence-electron chi connectivity index (χ3n) is 3.41. The van der Waals surface area contributed by atoms with Crippen molar-refractivity contribution in [3.63, 3.8) is 0 Å². The second-order valence-corrected chi connectivity index (χ2v) is 5.99. The molecule has 0 fully saturated rings. The number of benzene rings is 1. The fraction of sp³-hybridized carbons (Fsp3) is 0.188. The average molecular weight is 344 g/mol. The maximum atomic E-state index is 12.3. The maximum absolute atomic E-state index is 12.3. The molecule has 7 nitrogen and oxygen atoms in total. The molecular weight excluding hydrogens is 332 g/mol. The molecule has 1 aromatic carbocycles. The number of hydrogen-bond donors (Lipinski definition) is 0. The summed E-state index contributed by atoms with van der Waals surface area (Å²) in [5.41, 5.74) is 0.365. The van der Waals surface area contributed by atoms with E-state index < -0.39 is 12.1 Å². The van der Waals surface area contributed by atoms with Gasteiger partial charge in [0.05, 0.1) is 10.4 Å². The van der Waals surface area contributed by atoms with Crippen LogP contribution in [0.2, 0.25) is 0 Å². The zero-order valence-electron chi connectivity index (χ0n) is 12.6. The smallest absolute Gasteiger partial charge is 0.339 e. The molecule has 0 bridgehead atoms. The van der Waals surface area contributed by atoms with Crippen LogP contribution < -0.4 is 9.47 Å². The predicted octanol–water partition coefficient (Wildman–Crippen LogP) is 3.44. The van der Waals surface area contributed by atoms with Crippen molar-refractivity contribution >= 4 is 17.3 Å². The SMILES string of the molecule is CC(OC(=O)c1ccc2c(c1)OCO2)c1nnc(-c2cccs2)o1. The fourth-order valence-corrected chi connectivity index (χ4v) is 2.85. The zero-order valence-corrected chi connectivity index (χ0v) is 13.4. The van der Waals surface area contributed by atoms with Crippen molar-refractivity contribution < 1.29 is 23.4 Å². The Morgan fingerprint density at radius 2 is 2.12 bits per heavy atom. The zero-order chi connectivity index (χ0) is 16.5. The predicted molar refractivity (Wildman–Crippen MR) is 84.0 cm³/mol. The molecular formula is C16H12N2O5S. The van der Waals surface area contributed by atoms with Gasteiger partial charge in [-0.15, -0.1) is 21.5 Å². The largest absolute Gasteiger partial charge is 0.454 e. The van der Waals surface area contributed by atoms with Crippen LogP contribution >= 0.6 is 11.3 Å². The Morgan fingerprint density at radius 3 is 2.96 bits per heavy atom. The molecule has 122 valence electrons. The van der Waals surface area contributed by atoms with Crippen LogP contribution in [0.5, 0.6) is 11.5 Å². The van der Waals surface area contributed by atoms with Crippen molar-refractivity contribution in [3.8, 4) is 22.3 Å². The number of thiophene rings is 1. The fourth-order valence-electron chi connectivity index (χ4n) is 2.20. The highest BCUT2D eigenvalue weighted by molar-refractivity contribution is 7.13. The van der Waals surface area contributed by atoms with E-state index in [1.54, 1.807) is 25.1 Å². The molecule has 3 aromatic rings. The molecule has 0 saturated carbocycles. The number of hydrogen-bond acceptors (Lipinski definition) is 8. The van der Waals surface area contributed by atoms with Crippen LogP contribution in [0.1, 0.15) is 29.3 Å². The van der Waals surface area contributed by atoms with Crippen molar-refractivity contribution in [3.05, 3.63) is 47.2 Å². The van der Waals surface area contributed by atoms with Gasteiger partial charge in [0.2, 0.25) is 6.79 Å². The molecule has 0 N–H and O–H groups in total. The average Bonchev–Trinajstić information content (AvgIpc) is 3.32. The summed E-state index contributed by atoms with van der Waals surface area (Å²) >= 11 is 1.49. The van der Waals surface area contributed by atoms with Gasteiger partial charge in [0.1, 0.15) is 0 Å². The molecule has 1 aliphatic heterocycles.